The topological polar surface area (TPSA) is 118 Å². The zero-order chi connectivity index (χ0) is 33.8. The molecule has 0 unspecified atom stereocenters. The highest BCUT2D eigenvalue weighted by atomic mass is 16.6. The molecule has 0 saturated carbocycles. The van der Waals surface area contributed by atoms with Crippen molar-refractivity contribution in [3.63, 3.8) is 0 Å². The van der Waals surface area contributed by atoms with E-state index in [1.807, 2.05) is 112 Å². The molecule has 0 radical (unpaired) electrons. The Balaban J connectivity index is 1.38. The quantitative estimate of drug-likeness (QED) is 0.107. The van der Waals surface area contributed by atoms with Crippen molar-refractivity contribution in [2.75, 3.05) is 34.9 Å². The molecule has 5 aromatic rings. The number of methoxy groups -OCH3 is 2. The summed E-state index contributed by atoms with van der Waals surface area (Å²) in [5, 5.41) is 12.1. The highest BCUT2D eigenvalue weighted by molar-refractivity contribution is 5.91. The summed E-state index contributed by atoms with van der Waals surface area (Å²) in [6.45, 7) is 2.04. The Kier molecular flexibility index (Phi) is 9.58. The Morgan fingerprint density at radius 3 is 2.15 bits per heavy atom. The third kappa shape index (κ3) is 6.55. The van der Waals surface area contributed by atoms with Crippen molar-refractivity contribution in [2.24, 2.45) is 4.99 Å². The van der Waals surface area contributed by atoms with Crippen LogP contribution in [0.5, 0.6) is 11.5 Å². The number of aliphatic hydroxyl groups excluding tert-OH is 1. The highest BCUT2D eigenvalue weighted by Crippen LogP contribution is 2.44. The van der Waals surface area contributed by atoms with Crippen molar-refractivity contribution in [1.29, 1.82) is 0 Å². The molecule has 2 heterocycles. The Labute approximate surface area is 279 Å². The number of aromatic amines is 1. The number of nitrogens with one attached hydrogen (secondary N) is 1. The normalized spacial score (nSPS) is 18.0. The van der Waals surface area contributed by atoms with Crippen LogP contribution in [0, 0.1) is 6.92 Å². The van der Waals surface area contributed by atoms with Gasteiger partial charge in [0.25, 0.3) is 0 Å². The van der Waals surface area contributed by atoms with Gasteiger partial charge in [0.05, 0.1) is 44.9 Å². The summed E-state index contributed by atoms with van der Waals surface area (Å²) < 4.78 is 24.5. The van der Waals surface area contributed by atoms with Gasteiger partial charge in [0, 0.05) is 31.5 Å². The van der Waals surface area contributed by atoms with Crippen LogP contribution in [0.2, 0.25) is 0 Å². The fraction of sp³-hybridized carbons (Fsp3) is 0.289. The predicted octanol–water partition coefficient (Wildman–Crippen LogP) is 5.67. The van der Waals surface area contributed by atoms with Gasteiger partial charge < -0.3 is 33.9 Å². The van der Waals surface area contributed by atoms with E-state index in [9.17, 15) is 9.90 Å². The van der Waals surface area contributed by atoms with Gasteiger partial charge in [-0.1, -0.05) is 60.7 Å². The standard InChI is InChI=1S/C38H40N4O6/c1-24-19-30(35-31(20-24)36(39-23-42(2)3)41-37(44)40-35)33-21-32(43)34(48-33)22-47-38(25-9-7-6-8-10-25,26-11-15-28(45-4)16-12-26)27-13-17-29(46-5)18-14-27/h6-20,23,32-34,43H,21-22H2,1-5H3,(H,40,41,44)/t32-,33+,34+/m0/s1. The minimum atomic E-state index is -1.06. The number of fused-ring (bicyclic) bond motifs is 1. The van der Waals surface area contributed by atoms with E-state index < -0.39 is 29.6 Å². The average Bonchev–Trinajstić information content (AvgIpc) is 3.48. The summed E-state index contributed by atoms with van der Waals surface area (Å²) in [6, 6.07) is 29.5. The maximum atomic E-state index is 12.6. The molecule has 248 valence electrons. The van der Waals surface area contributed by atoms with Gasteiger partial charge in [0.15, 0.2) is 5.82 Å². The molecule has 10 nitrogen and oxygen atoms in total. The van der Waals surface area contributed by atoms with E-state index in [2.05, 4.69) is 15.0 Å². The molecule has 1 aliphatic heterocycles. The lowest BCUT2D eigenvalue weighted by Gasteiger charge is -2.37. The summed E-state index contributed by atoms with van der Waals surface area (Å²) in [5.74, 6) is 1.77. The average molecular weight is 649 g/mol. The first-order valence-corrected chi connectivity index (χ1v) is 15.8. The van der Waals surface area contributed by atoms with Crippen LogP contribution >= 0.6 is 0 Å². The van der Waals surface area contributed by atoms with E-state index in [0.717, 1.165) is 39.3 Å². The molecule has 48 heavy (non-hydrogen) atoms. The van der Waals surface area contributed by atoms with Crippen molar-refractivity contribution >= 4 is 23.1 Å². The lowest BCUT2D eigenvalue weighted by molar-refractivity contribution is -0.0826. The number of aryl methyl sites for hydroxylation is 1. The molecule has 3 atom stereocenters. The first-order chi connectivity index (χ1) is 23.2. The van der Waals surface area contributed by atoms with Gasteiger partial charge in [-0.15, -0.1) is 0 Å². The fourth-order valence-electron chi connectivity index (χ4n) is 6.30. The molecule has 0 bridgehead atoms. The number of benzene rings is 4. The third-order valence-electron chi connectivity index (χ3n) is 8.61. The van der Waals surface area contributed by atoms with Crippen molar-refractivity contribution in [1.82, 2.24) is 14.9 Å². The summed E-state index contributed by atoms with van der Waals surface area (Å²) >= 11 is 0. The Hall–Kier alpha value is -5.03. The van der Waals surface area contributed by atoms with Crippen LogP contribution in [-0.4, -0.2) is 73.4 Å². The van der Waals surface area contributed by atoms with Crippen LogP contribution < -0.4 is 15.2 Å². The summed E-state index contributed by atoms with van der Waals surface area (Å²) in [7, 11) is 6.97. The highest BCUT2D eigenvalue weighted by Gasteiger charge is 2.42. The molecule has 0 spiro atoms. The predicted molar refractivity (Wildman–Crippen MR) is 185 cm³/mol. The van der Waals surface area contributed by atoms with Crippen molar-refractivity contribution < 1.29 is 24.1 Å². The van der Waals surface area contributed by atoms with Gasteiger partial charge in [0.1, 0.15) is 23.2 Å². The lowest BCUT2D eigenvalue weighted by Crippen LogP contribution is -2.38. The number of nitrogens with zero attached hydrogens (tertiary/aromatic N) is 3. The maximum Gasteiger partial charge on any atom is 0.347 e. The van der Waals surface area contributed by atoms with Crippen LogP contribution in [0.4, 0.5) is 5.82 Å². The molecule has 2 N–H and O–H groups in total. The minimum absolute atomic E-state index is 0.0742. The summed E-state index contributed by atoms with van der Waals surface area (Å²) in [6.07, 6.45) is -0.0726. The van der Waals surface area contributed by atoms with Crippen LogP contribution in [-0.2, 0) is 15.1 Å². The molecule has 1 fully saturated rings. The first-order valence-electron chi connectivity index (χ1n) is 15.8. The number of hydrogen-bond donors (Lipinski definition) is 2. The number of aliphatic hydroxyl groups is 1. The lowest BCUT2D eigenvalue weighted by atomic mass is 9.80. The van der Waals surface area contributed by atoms with E-state index in [1.54, 1.807) is 25.5 Å². The van der Waals surface area contributed by atoms with Gasteiger partial charge in [-0.3, -0.25) is 0 Å². The van der Waals surface area contributed by atoms with Gasteiger partial charge in [-0.05, 0) is 59.5 Å². The van der Waals surface area contributed by atoms with Crippen LogP contribution in [0.1, 0.15) is 40.3 Å². The fourth-order valence-corrected chi connectivity index (χ4v) is 6.30. The van der Waals surface area contributed by atoms with E-state index in [1.165, 1.54) is 0 Å². The van der Waals surface area contributed by atoms with Gasteiger partial charge in [-0.2, -0.15) is 4.98 Å². The minimum Gasteiger partial charge on any atom is -0.497 e. The van der Waals surface area contributed by atoms with E-state index >= 15 is 0 Å². The summed E-state index contributed by atoms with van der Waals surface area (Å²) in [5.41, 5.74) is 3.38. The molecule has 0 amide bonds. The Morgan fingerprint density at radius 1 is 0.958 bits per heavy atom. The number of H-pyrrole nitrogens is 1. The number of aromatic nitrogens is 2. The van der Waals surface area contributed by atoms with Crippen molar-refractivity contribution in [3.05, 3.63) is 129 Å². The molecule has 1 saturated heterocycles. The second-order valence-electron chi connectivity index (χ2n) is 12.1. The first kappa shape index (κ1) is 32.9. The van der Waals surface area contributed by atoms with Gasteiger partial charge >= 0.3 is 5.69 Å². The zero-order valence-corrected chi connectivity index (χ0v) is 27.7. The molecule has 4 aromatic carbocycles. The SMILES string of the molecule is COc1ccc(C(OC[C@H]2O[C@@H](c3cc(C)cc4c(N=CN(C)C)nc(=O)[nH]c34)C[C@@H]2O)(c2ccccc2)c2ccc(OC)cc2)cc1. The monoisotopic (exact) mass is 648 g/mol. The number of aliphatic imine (C=N–C) groups is 1. The van der Waals surface area contributed by atoms with Gasteiger partial charge in [-0.25, -0.2) is 9.79 Å². The number of hydrogen-bond acceptors (Lipinski definition) is 8. The molecule has 10 heteroatoms. The Morgan fingerprint density at radius 2 is 1.56 bits per heavy atom. The maximum absolute atomic E-state index is 12.6. The van der Waals surface area contributed by atoms with E-state index in [0.29, 0.717) is 23.1 Å². The van der Waals surface area contributed by atoms with E-state index in [4.69, 9.17) is 18.9 Å². The Bertz CT molecular complexity index is 1890. The molecule has 1 aliphatic rings. The second-order valence-corrected chi connectivity index (χ2v) is 12.1. The summed E-state index contributed by atoms with van der Waals surface area (Å²) in [4.78, 5) is 25.9. The van der Waals surface area contributed by atoms with Crippen molar-refractivity contribution in [3.8, 4) is 11.5 Å². The molecular formula is C38H40N4O6. The van der Waals surface area contributed by atoms with Crippen LogP contribution in [0.3, 0.4) is 0 Å². The third-order valence-corrected chi connectivity index (χ3v) is 8.61. The number of ether oxygens (including phenoxy) is 4. The van der Waals surface area contributed by atoms with Crippen LogP contribution in [0.15, 0.2) is 101 Å². The number of rotatable bonds is 11. The smallest absolute Gasteiger partial charge is 0.347 e. The zero-order valence-electron chi connectivity index (χ0n) is 27.7. The van der Waals surface area contributed by atoms with Gasteiger partial charge in [0.2, 0.25) is 0 Å². The van der Waals surface area contributed by atoms with E-state index in [-0.39, 0.29) is 6.61 Å². The molecule has 6 rings (SSSR count). The van der Waals surface area contributed by atoms with Crippen LogP contribution in [0.25, 0.3) is 10.9 Å². The molecule has 1 aromatic heterocycles. The van der Waals surface area contributed by atoms with Crippen molar-refractivity contribution in [2.45, 2.75) is 37.3 Å². The molecule has 0 aliphatic carbocycles. The molecular weight excluding hydrogens is 608 g/mol. The second kappa shape index (κ2) is 14.0. The largest absolute Gasteiger partial charge is 0.497 e.